The number of nitrogens with two attached hydrogens (primary N) is 2. The Kier molecular flexibility index (Phi) is 8.87. The van der Waals surface area contributed by atoms with Gasteiger partial charge in [0, 0.05) is 22.7 Å². The second-order valence-electron chi connectivity index (χ2n) is 9.54. The summed E-state index contributed by atoms with van der Waals surface area (Å²) in [7, 11) is -4.98. The van der Waals surface area contributed by atoms with Crippen molar-refractivity contribution in [2.24, 2.45) is 0 Å². The normalized spacial score (nSPS) is 15.2. The average Bonchev–Trinajstić information content (AvgIpc) is 2.71. The first-order valence-electron chi connectivity index (χ1n) is 11.4. The van der Waals surface area contributed by atoms with E-state index >= 15 is 0 Å². The van der Waals surface area contributed by atoms with Crippen LogP contribution in [-0.4, -0.2) is 28.4 Å². The number of hydrogen-bond acceptors (Lipinski definition) is 5. The largest absolute Gasteiger partial charge is 0.455 e. The Balaban J connectivity index is 2.38. The predicted octanol–water partition coefficient (Wildman–Crippen LogP) is 5.42. The fraction of sp³-hybridized carbons (Fsp3) is 0.417. The fourth-order valence-corrected chi connectivity index (χ4v) is 14.0. The van der Waals surface area contributed by atoms with Gasteiger partial charge in [-0.2, -0.15) is 0 Å². The quantitative estimate of drug-likeness (QED) is 0.264. The Morgan fingerprint density at radius 3 is 1.36 bits per heavy atom. The zero-order valence-corrected chi connectivity index (χ0v) is 22.6. The van der Waals surface area contributed by atoms with E-state index in [0.717, 1.165) is 0 Å². The van der Waals surface area contributed by atoms with Crippen molar-refractivity contribution in [1.82, 2.24) is 0 Å². The summed E-state index contributed by atoms with van der Waals surface area (Å²) in [6, 6.07) is 14.1. The van der Waals surface area contributed by atoms with Crippen LogP contribution in [0, 0.1) is 0 Å². The Hall–Kier alpha value is -2.63. The van der Waals surface area contributed by atoms with Crippen LogP contribution in [0.15, 0.2) is 48.5 Å². The molecule has 180 valence electrons. The Labute approximate surface area is 199 Å². The van der Waals surface area contributed by atoms with Crippen LogP contribution in [-0.2, 0) is 13.7 Å². The van der Waals surface area contributed by atoms with E-state index in [1.54, 1.807) is 48.5 Å². The van der Waals surface area contributed by atoms with Crippen molar-refractivity contribution in [3.8, 4) is 0 Å². The molecule has 2 aromatic carbocycles. The van der Waals surface area contributed by atoms with Crippen LogP contribution in [0.5, 0.6) is 0 Å². The van der Waals surface area contributed by atoms with Crippen molar-refractivity contribution in [3.63, 3.8) is 0 Å². The summed E-state index contributed by atoms with van der Waals surface area (Å²) in [5, 5.41) is 6.03. The molecule has 9 heteroatoms. The minimum atomic E-state index is -2.91. The summed E-state index contributed by atoms with van der Waals surface area (Å²) in [5.41, 5.74) is 13.4. The van der Waals surface area contributed by atoms with E-state index < -0.39 is 27.7 Å². The smallest absolute Gasteiger partial charge is 0.227 e. The molecule has 2 rings (SSSR count). The summed E-state index contributed by atoms with van der Waals surface area (Å²) in [6.45, 7) is 12.3. The van der Waals surface area contributed by atoms with Crippen LogP contribution in [0.25, 0.3) is 0 Å². The molecule has 2 unspecified atom stereocenters. The lowest BCUT2D eigenvalue weighted by Gasteiger charge is -2.43. The van der Waals surface area contributed by atoms with Gasteiger partial charge in [0.15, 0.2) is 8.32 Å². The van der Waals surface area contributed by atoms with Crippen molar-refractivity contribution < 1.29 is 13.7 Å². The molecule has 2 aromatic rings. The number of nitrogen functional groups attached to an aromatic ring is 2. The van der Waals surface area contributed by atoms with E-state index in [1.807, 2.05) is 20.4 Å². The van der Waals surface area contributed by atoms with Gasteiger partial charge in [-0.25, -0.2) is 0 Å². The maximum absolute atomic E-state index is 13.5. The molecule has 0 bridgehead atoms. The number of rotatable bonds is 10. The lowest BCUT2D eigenvalue weighted by molar-refractivity contribution is -0.116. The second-order valence-corrected chi connectivity index (χ2v) is 18.3. The van der Waals surface area contributed by atoms with E-state index in [9.17, 15) is 9.59 Å². The number of nitrogens with one attached hydrogen (secondary N) is 2. The Morgan fingerprint density at radius 1 is 0.758 bits per heavy atom. The number of carbonyl (C=O) groups is 2. The molecule has 0 aliphatic heterocycles. The summed E-state index contributed by atoms with van der Waals surface area (Å²) >= 11 is 0. The molecule has 6 N–H and O–H groups in total. The van der Waals surface area contributed by atoms with Gasteiger partial charge in [0.05, 0.1) is 11.1 Å². The van der Waals surface area contributed by atoms with Crippen LogP contribution >= 0.6 is 0 Å². The van der Waals surface area contributed by atoms with Crippen molar-refractivity contribution >= 4 is 51.2 Å². The number of hydrogen-bond donors (Lipinski definition) is 4. The summed E-state index contributed by atoms with van der Waals surface area (Å²) in [4.78, 5) is 27.0. The van der Waals surface area contributed by atoms with Crippen LogP contribution in [0.2, 0.25) is 37.3 Å². The summed E-state index contributed by atoms with van der Waals surface area (Å²) < 4.78 is 6.80. The van der Waals surface area contributed by atoms with Crippen LogP contribution in [0.4, 0.5) is 22.7 Å². The molecule has 0 heterocycles. The van der Waals surface area contributed by atoms with E-state index in [1.165, 1.54) is 0 Å². The lowest BCUT2D eigenvalue weighted by atomic mass is 10.2. The molecule has 0 saturated carbocycles. The zero-order valence-electron chi connectivity index (χ0n) is 20.6. The van der Waals surface area contributed by atoms with Crippen molar-refractivity contribution in [2.75, 3.05) is 22.1 Å². The van der Waals surface area contributed by atoms with E-state index in [0.29, 0.717) is 35.6 Å². The fourth-order valence-electron chi connectivity index (χ4n) is 4.34. The third-order valence-electron chi connectivity index (χ3n) is 5.72. The van der Waals surface area contributed by atoms with Gasteiger partial charge in [0.1, 0.15) is 0 Å². The first kappa shape index (κ1) is 26.6. The van der Waals surface area contributed by atoms with Gasteiger partial charge >= 0.3 is 0 Å². The predicted molar refractivity (Wildman–Crippen MR) is 143 cm³/mol. The van der Waals surface area contributed by atoms with Gasteiger partial charge in [-0.3, -0.25) is 9.59 Å². The first-order chi connectivity index (χ1) is 15.4. The molecule has 0 radical (unpaired) electrons. The van der Waals surface area contributed by atoms with Crippen molar-refractivity contribution in [3.05, 3.63) is 48.5 Å². The molecule has 0 aromatic heterocycles. The highest BCUT2D eigenvalue weighted by Gasteiger charge is 2.52. The van der Waals surface area contributed by atoms with Crippen LogP contribution < -0.4 is 22.1 Å². The molecule has 7 nitrogen and oxygen atoms in total. The van der Waals surface area contributed by atoms with Crippen molar-refractivity contribution in [1.29, 1.82) is 0 Å². The zero-order chi connectivity index (χ0) is 24.8. The van der Waals surface area contributed by atoms with E-state index in [-0.39, 0.29) is 11.8 Å². The molecule has 0 spiro atoms. The molecule has 33 heavy (non-hydrogen) atoms. The van der Waals surface area contributed by atoms with Gasteiger partial charge < -0.3 is 26.2 Å². The molecule has 0 aliphatic carbocycles. The molecular weight excluding hydrogens is 448 g/mol. The minimum Gasteiger partial charge on any atom is -0.455 e. The topological polar surface area (TPSA) is 119 Å². The summed E-state index contributed by atoms with van der Waals surface area (Å²) in [5.74, 6) is -0.234. The van der Waals surface area contributed by atoms with Crippen molar-refractivity contribution in [2.45, 2.75) is 64.0 Å². The Morgan fingerprint density at radius 2 is 1.09 bits per heavy atom. The molecule has 0 saturated heterocycles. The third kappa shape index (κ3) is 7.18. The van der Waals surface area contributed by atoms with Gasteiger partial charge in [-0.05, 0) is 87.6 Å². The number of amides is 2. The number of anilines is 4. The maximum Gasteiger partial charge on any atom is 0.227 e. The number of carbonyl (C=O) groups excluding carboxylic acids is 2. The van der Waals surface area contributed by atoms with E-state index in [2.05, 4.69) is 30.3 Å². The average molecular weight is 487 g/mol. The maximum atomic E-state index is 13.5. The molecule has 2 atom stereocenters. The second kappa shape index (κ2) is 11.0. The SMILES string of the molecule is CCC(C(=O)Nc1ccc(N)cc1)[Si](C)(O[Si](C)(C)C)C(CC)C(=O)Nc1ccc(N)cc1. The van der Waals surface area contributed by atoms with E-state index in [4.69, 9.17) is 15.6 Å². The van der Waals surface area contributed by atoms with Gasteiger partial charge in [0.2, 0.25) is 20.1 Å². The Bertz CT molecular complexity index is 876. The molecular formula is C24H38N4O3Si2. The standard InChI is InChI=1S/C24H38N4O3Si2/c1-7-21(23(29)27-19-13-9-17(25)10-14-19)33(6,31-32(3,4)5)22(8-2)24(30)28-20-15-11-18(26)12-16-20/h9-16,21-22H,7-8,25-26H2,1-6H3,(H,27,29)(H,28,30). The highest BCUT2D eigenvalue weighted by atomic mass is 28.4. The lowest BCUT2D eigenvalue weighted by Crippen LogP contribution is -2.56. The van der Waals surface area contributed by atoms with Gasteiger partial charge in [-0.1, -0.05) is 13.8 Å². The number of benzene rings is 2. The van der Waals surface area contributed by atoms with Gasteiger partial charge in [0.25, 0.3) is 0 Å². The highest BCUT2D eigenvalue weighted by Crippen LogP contribution is 2.42. The monoisotopic (exact) mass is 486 g/mol. The van der Waals surface area contributed by atoms with Crippen LogP contribution in [0.3, 0.4) is 0 Å². The first-order valence-corrected chi connectivity index (χ1v) is 17.4. The third-order valence-corrected chi connectivity index (χ3v) is 14.0. The highest BCUT2D eigenvalue weighted by molar-refractivity contribution is 6.90. The minimum absolute atomic E-state index is 0.117. The molecule has 0 aliphatic rings. The van der Waals surface area contributed by atoms with Gasteiger partial charge in [-0.15, -0.1) is 0 Å². The van der Waals surface area contributed by atoms with Crippen LogP contribution in [0.1, 0.15) is 26.7 Å². The summed E-state index contributed by atoms with van der Waals surface area (Å²) in [6.07, 6.45) is 1.17. The molecule has 2 amide bonds. The molecule has 0 fully saturated rings.